The molecule has 1 aliphatic rings. The van der Waals surface area contributed by atoms with Gasteiger partial charge in [0.15, 0.2) is 0 Å². The van der Waals surface area contributed by atoms with Crippen molar-refractivity contribution in [3.63, 3.8) is 0 Å². The van der Waals surface area contributed by atoms with Gasteiger partial charge in [-0.15, -0.1) is 0 Å². The molecule has 1 heterocycles. The molecule has 1 saturated carbocycles. The number of benzene rings is 1. The lowest BCUT2D eigenvalue weighted by molar-refractivity contribution is 0.292. The average molecular weight is 255 g/mol. The van der Waals surface area contributed by atoms with Crippen molar-refractivity contribution in [2.24, 2.45) is 0 Å². The molecule has 0 amide bonds. The molecule has 2 aromatic rings. The van der Waals surface area contributed by atoms with Crippen molar-refractivity contribution in [2.75, 3.05) is 6.54 Å². The van der Waals surface area contributed by atoms with E-state index in [-0.39, 0.29) is 0 Å². The predicted molar refractivity (Wildman–Crippen MR) is 77.2 cm³/mol. The Hall–Kier alpha value is -1.61. The summed E-state index contributed by atoms with van der Waals surface area (Å²) in [5, 5.41) is 3.62. The van der Waals surface area contributed by atoms with Crippen LogP contribution in [0.1, 0.15) is 35.6 Å². The van der Waals surface area contributed by atoms with Gasteiger partial charge in [-0.05, 0) is 31.2 Å². The maximum absolute atomic E-state index is 4.03. The smallest absolute Gasteiger partial charge is 0.0921 e. The number of aryl methyl sites for hydroxylation is 1. The quantitative estimate of drug-likeness (QED) is 0.862. The predicted octanol–water partition coefficient (Wildman–Crippen LogP) is 2.80. The van der Waals surface area contributed by atoms with E-state index in [4.69, 9.17) is 0 Å². The third-order valence-corrected chi connectivity index (χ3v) is 4.03. The Morgan fingerprint density at radius 1 is 1.37 bits per heavy atom. The first-order chi connectivity index (χ1) is 9.31. The van der Waals surface area contributed by atoms with Gasteiger partial charge in [0.25, 0.3) is 0 Å². The molecular weight excluding hydrogens is 234 g/mol. The number of nitrogens with one attached hydrogen (secondary N) is 2. The molecule has 1 aromatic heterocycles. The van der Waals surface area contributed by atoms with Gasteiger partial charge in [-0.3, -0.25) is 0 Å². The average Bonchev–Trinajstić information content (AvgIpc) is 2.85. The van der Waals surface area contributed by atoms with Crippen molar-refractivity contribution in [2.45, 2.75) is 38.1 Å². The minimum Gasteiger partial charge on any atom is -0.348 e. The standard InChI is InChI=1S/C16H21N3/c1-12-3-2-4-13(7-12)14-8-16(9-14)18-6-5-15-10-17-11-19-15/h2-4,7,10-11,14,16,18H,5-6,8-9H2,1H3,(H,17,19). The highest BCUT2D eigenvalue weighted by Crippen LogP contribution is 2.36. The molecule has 0 spiro atoms. The van der Waals surface area contributed by atoms with Gasteiger partial charge in [0.05, 0.1) is 6.33 Å². The Kier molecular flexibility index (Phi) is 3.65. The van der Waals surface area contributed by atoms with Crippen molar-refractivity contribution >= 4 is 0 Å². The second kappa shape index (κ2) is 5.57. The van der Waals surface area contributed by atoms with Crippen LogP contribution in [0.3, 0.4) is 0 Å². The zero-order valence-corrected chi connectivity index (χ0v) is 11.4. The van der Waals surface area contributed by atoms with E-state index in [1.54, 1.807) is 6.33 Å². The summed E-state index contributed by atoms with van der Waals surface area (Å²) < 4.78 is 0. The molecule has 0 bridgehead atoms. The number of aromatic nitrogens is 2. The molecule has 2 N–H and O–H groups in total. The number of hydrogen-bond donors (Lipinski definition) is 2. The Labute approximate surface area is 114 Å². The molecule has 0 atom stereocenters. The number of H-pyrrole nitrogens is 1. The number of aromatic amines is 1. The largest absolute Gasteiger partial charge is 0.348 e. The second-order valence-corrected chi connectivity index (χ2v) is 5.56. The highest BCUT2D eigenvalue weighted by atomic mass is 14.9. The van der Waals surface area contributed by atoms with Gasteiger partial charge >= 0.3 is 0 Å². The topological polar surface area (TPSA) is 40.7 Å². The van der Waals surface area contributed by atoms with E-state index in [1.807, 2.05) is 6.20 Å². The Morgan fingerprint density at radius 2 is 2.26 bits per heavy atom. The summed E-state index contributed by atoms with van der Waals surface area (Å²) in [4.78, 5) is 7.17. The lowest BCUT2D eigenvalue weighted by Crippen LogP contribution is -2.41. The van der Waals surface area contributed by atoms with Crippen molar-refractivity contribution in [3.05, 3.63) is 53.6 Å². The SMILES string of the molecule is Cc1cccc(C2CC(NCCc3cnc[nH]3)C2)c1. The van der Waals surface area contributed by atoms with Crippen LogP contribution in [0.25, 0.3) is 0 Å². The number of hydrogen-bond acceptors (Lipinski definition) is 2. The zero-order chi connectivity index (χ0) is 13.1. The fourth-order valence-electron chi connectivity index (χ4n) is 2.81. The van der Waals surface area contributed by atoms with E-state index in [0.29, 0.717) is 6.04 Å². The summed E-state index contributed by atoms with van der Waals surface area (Å²) in [5.41, 5.74) is 4.09. The minimum absolute atomic E-state index is 0.688. The fourth-order valence-corrected chi connectivity index (χ4v) is 2.81. The summed E-state index contributed by atoms with van der Waals surface area (Å²) in [6.07, 6.45) is 7.22. The molecule has 1 aromatic carbocycles. The minimum atomic E-state index is 0.688. The van der Waals surface area contributed by atoms with Gasteiger partial charge in [0.2, 0.25) is 0 Å². The third kappa shape index (κ3) is 3.04. The van der Waals surface area contributed by atoms with Crippen molar-refractivity contribution < 1.29 is 0 Å². The molecule has 0 aliphatic heterocycles. The van der Waals surface area contributed by atoms with Crippen LogP contribution < -0.4 is 5.32 Å². The molecule has 0 radical (unpaired) electrons. The molecule has 3 rings (SSSR count). The van der Waals surface area contributed by atoms with Crippen LogP contribution in [0, 0.1) is 6.92 Å². The Balaban J connectivity index is 1.41. The lowest BCUT2D eigenvalue weighted by Gasteiger charge is -2.36. The molecule has 0 saturated heterocycles. The van der Waals surface area contributed by atoms with Gasteiger partial charge in [0, 0.05) is 30.9 Å². The first-order valence-corrected chi connectivity index (χ1v) is 7.08. The van der Waals surface area contributed by atoms with Gasteiger partial charge in [0.1, 0.15) is 0 Å². The van der Waals surface area contributed by atoms with E-state index >= 15 is 0 Å². The maximum Gasteiger partial charge on any atom is 0.0921 e. The monoisotopic (exact) mass is 255 g/mol. The van der Waals surface area contributed by atoms with E-state index in [2.05, 4.69) is 46.5 Å². The molecule has 1 fully saturated rings. The number of rotatable bonds is 5. The summed E-state index contributed by atoms with van der Waals surface area (Å²) in [6, 6.07) is 9.61. The first kappa shape index (κ1) is 12.4. The summed E-state index contributed by atoms with van der Waals surface area (Å²) in [5.74, 6) is 0.754. The molecule has 19 heavy (non-hydrogen) atoms. The van der Waals surface area contributed by atoms with E-state index < -0.39 is 0 Å². The maximum atomic E-state index is 4.03. The van der Waals surface area contributed by atoms with Crippen LogP contribution in [-0.2, 0) is 6.42 Å². The summed E-state index contributed by atoms with van der Waals surface area (Å²) in [6.45, 7) is 3.20. The molecular formula is C16H21N3. The van der Waals surface area contributed by atoms with Gasteiger partial charge in [-0.25, -0.2) is 4.98 Å². The van der Waals surface area contributed by atoms with Crippen molar-refractivity contribution in [1.82, 2.24) is 15.3 Å². The normalized spacial score (nSPS) is 22.2. The van der Waals surface area contributed by atoms with Crippen LogP contribution in [0.5, 0.6) is 0 Å². The second-order valence-electron chi connectivity index (χ2n) is 5.56. The van der Waals surface area contributed by atoms with Crippen LogP contribution in [0.15, 0.2) is 36.8 Å². The molecule has 3 heteroatoms. The molecule has 3 nitrogen and oxygen atoms in total. The van der Waals surface area contributed by atoms with E-state index in [9.17, 15) is 0 Å². The lowest BCUT2D eigenvalue weighted by atomic mass is 9.75. The van der Waals surface area contributed by atoms with Gasteiger partial charge in [-0.2, -0.15) is 0 Å². The first-order valence-electron chi connectivity index (χ1n) is 7.08. The van der Waals surface area contributed by atoms with Gasteiger partial charge in [-0.1, -0.05) is 29.8 Å². The van der Waals surface area contributed by atoms with Crippen LogP contribution in [0.4, 0.5) is 0 Å². The Morgan fingerprint density at radius 3 is 3.00 bits per heavy atom. The highest BCUT2D eigenvalue weighted by molar-refractivity contribution is 5.27. The summed E-state index contributed by atoms with van der Waals surface area (Å²) in [7, 11) is 0. The van der Waals surface area contributed by atoms with Gasteiger partial charge < -0.3 is 10.3 Å². The molecule has 100 valence electrons. The molecule has 0 unspecified atom stereocenters. The van der Waals surface area contributed by atoms with E-state index in [0.717, 1.165) is 18.9 Å². The van der Waals surface area contributed by atoms with Crippen LogP contribution >= 0.6 is 0 Å². The summed E-state index contributed by atoms with van der Waals surface area (Å²) >= 11 is 0. The van der Waals surface area contributed by atoms with Crippen LogP contribution in [0.2, 0.25) is 0 Å². The van der Waals surface area contributed by atoms with Crippen molar-refractivity contribution in [1.29, 1.82) is 0 Å². The third-order valence-electron chi connectivity index (χ3n) is 4.03. The van der Waals surface area contributed by atoms with Crippen molar-refractivity contribution in [3.8, 4) is 0 Å². The molecule has 1 aliphatic carbocycles. The van der Waals surface area contributed by atoms with E-state index in [1.165, 1.54) is 29.7 Å². The fraction of sp³-hybridized carbons (Fsp3) is 0.438. The zero-order valence-electron chi connectivity index (χ0n) is 11.4. The highest BCUT2D eigenvalue weighted by Gasteiger charge is 2.29. The number of nitrogens with zero attached hydrogens (tertiary/aromatic N) is 1. The Bertz CT molecular complexity index is 513. The van der Waals surface area contributed by atoms with Crippen LogP contribution in [-0.4, -0.2) is 22.6 Å². The number of imidazole rings is 1.